The van der Waals surface area contributed by atoms with Gasteiger partial charge in [0.15, 0.2) is 0 Å². The summed E-state index contributed by atoms with van der Waals surface area (Å²) in [6, 6.07) is 0. The lowest BCUT2D eigenvalue weighted by Gasteiger charge is -2.17. The first-order valence-electron chi connectivity index (χ1n) is 6.09. The maximum Gasteiger partial charge on any atom is 0.0860 e. The summed E-state index contributed by atoms with van der Waals surface area (Å²) in [6.45, 7) is 11.0. The van der Waals surface area contributed by atoms with Crippen LogP contribution in [0, 0.1) is 5.41 Å². The molecule has 0 amide bonds. The summed E-state index contributed by atoms with van der Waals surface area (Å²) >= 11 is 6.23. The average Bonchev–Trinajstić information content (AvgIpc) is 2.54. The summed E-state index contributed by atoms with van der Waals surface area (Å²) in [5.74, 6) is 0. The van der Waals surface area contributed by atoms with Gasteiger partial charge in [-0.25, -0.2) is 0 Å². The van der Waals surface area contributed by atoms with Gasteiger partial charge in [0.2, 0.25) is 0 Å². The molecule has 5 heteroatoms. The molecule has 0 saturated carbocycles. The van der Waals surface area contributed by atoms with Crippen LogP contribution in [-0.2, 0) is 0 Å². The Labute approximate surface area is 112 Å². The van der Waals surface area contributed by atoms with Crippen LogP contribution in [0.3, 0.4) is 0 Å². The molecule has 1 rings (SSSR count). The van der Waals surface area contributed by atoms with Crippen molar-refractivity contribution < 1.29 is 0 Å². The largest absolute Gasteiger partial charge is 0.386 e. The fourth-order valence-corrected chi connectivity index (χ4v) is 2.64. The first-order chi connectivity index (χ1) is 8.02. The fraction of sp³-hybridized carbons (Fsp3) is 0.750. The van der Waals surface area contributed by atoms with Crippen LogP contribution < -0.4 is 5.32 Å². The second-order valence-electron chi connectivity index (χ2n) is 4.05. The molecule has 17 heavy (non-hydrogen) atoms. The highest BCUT2D eigenvalue weighted by atomic mass is 35.5. The molecular weight excluding hydrogens is 253 g/mol. The normalized spacial score (nSPS) is 19.9. The minimum Gasteiger partial charge on any atom is -0.386 e. The lowest BCUT2D eigenvalue weighted by atomic mass is 10.4. The highest BCUT2D eigenvalue weighted by Crippen LogP contribution is 2.33. The summed E-state index contributed by atoms with van der Waals surface area (Å²) in [7, 11) is 1.67. The molecule has 0 atom stereocenters. The first-order valence-corrected chi connectivity index (χ1v) is 8.71. The zero-order chi connectivity index (χ0) is 13.4. The van der Waals surface area contributed by atoms with Gasteiger partial charge in [0.1, 0.15) is 0 Å². The van der Waals surface area contributed by atoms with Gasteiger partial charge in [0.25, 0.3) is 0 Å². The predicted octanol–water partition coefficient (Wildman–Crippen LogP) is 3.11. The maximum absolute atomic E-state index is 7.90. The van der Waals surface area contributed by atoms with E-state index in [1.54, 1.807) is 0 Å². The quantitative estimate of drug-likeness (QED) is 0.601. The highest BCUT2D eigenvalue weighted by molar-refractivity contribution is 7.74. The number of halogens is 1. The Morgan fingerprint density at radius 2 is 2.00 bits per heavy atom. The number of likely N-dealkylation sites (N-methyl/N-ethyl adjacent to an activating group) is 1. The molecule has 0 aliphatic carbocycles. The Balaban J connectivity index is 0.00000121. The standard InChI is InChI=1S/C10H19ClN3P.C2H6/c1-14-6-4-5-13-8(7-14)9(11)10(12)15(2)3;1-2/h12-13H,4-7H2,1-3H3;1-2H3/b9-8+,12-10?;. The van der Waals surface area contributed by atoms with Crippen LogP contribution in [-0.4, -0.2) is 50.4 Å². The first kappa shape index (κ1) is 16.9. The third-order valence-corrected chi connectivity index (χ3v) is 4.07. The minimum atomic E-state index is -0.414. The monoisotopic (exact) mass is 277 g/mol. The molecule has 2 N–H and O–H groups in total. The molecule has 1 saturated heterocycles. The van der Waals surface area contributed by atoms with Crippen molar-refractivity contribution in [1.82, 2.24) is 10.2 Å². The molecule has 0 aromatic heterocycles. The van der Waals surface area contributed by atoms with Gasteiger partial charge in [0.05, 0.1) is 10.5 Å². The number of hydrogen-bond donors (Lipinski definition) is 2. The van der Waals surface area contributed by atoms with Crippen LogP contribution in [0.1, 0.15) is 20.3 Å². The predicted molar refractivity (Wildman–Crippen MR) is 80.8 cm³/mol. The third kappa shape index (κ3) is 5.85. The van der Waals surface area contributed by atoms with Crippen LogP contribution in [0.15, 0.2) is 10.7 Å². The van der Waals surface area contributed by atoms with E-state index >= 15 is 0 Å². The number of rotatable bonds is 2. The second kappa shape index (κ2) is 8.91. The fourth-order valence-electron chi connectivity index (χ4n) is 1.48. The molecule has 1 heterocycles. The van der Waals surface area contributed by atoms with Crippen LogP contribution >= 0.6 is 19.5 Å². The van der Waals surface area contributed by atoms with Gasteiger partial charge in [-0.2, -0.15) is 0 Å². The lowest BCUT2D eigenvalue weighted by molar-refractivity contribution is 0.373. The van der Waals surface area contributed by atoms with Crippen molar-refractivity contribution in [2.24, 2.45) is 0 Å². The zero-order valence-electron chi connectivity index (χ0n) is 11.6. The molecule has 100 valence electrons. The van der Waals surface area contributed by atoms with E-state index in [-0.39, 0.29) is 0 Å². The van der Waals surface area contributed by atoms with Crippen molar-refractivity contribution in [2.45, 2.75) is 20.3 Å². The van der Waals surface area contributed by atoms with E-state index < -0.39 is 7.92 Å². The van der Waals surface area contributed by atoms with Gasteiger partial charge in [-0.1, -0.05) is 33.4 Å². The molecule has 1 aliphatic heterocycles. The minimum absolute atomic E-state index is 0.414. The number of nitrogens with one attached hydrogen (secondary N) is 2. The summed E-state index contributed by atoms with van der Waals surface area (Å²) in [5.41, 5.74) is 1.60. The Morgan fingerprint density at radius 1 is 1.41 bits per heavy atom. The van der Waals surface area contributed by atoms with Gasteiger partial charge in [-0.3, -0.25) is 5.41 Å². The van der Waals surface area contributed by atoms with Gasteiger partial charge in [-0.05, 0) is 33.3 Å². The SMILES string of the molecule is CC.CN1CCCN/C(=C(/Cl)C(=N)P(C)C)C1. The Morgan fingerprint density at radius 3 is 2.53 bits per heavy atom. The summed E-state index contributed by atoms with van der Waals surface area (Å²) in [5, 5.41) is 11.9. The van der Waals surface area contributed by atoms with E-state index in [1.807, 2.05) is 13.8 Å². The zero-order valence-corrected chi connectivity index (χ0v) is 13.3. The maximum atomic E-state index is 7.90. The van der Waals surface area contributed by atoms with Crippen LogP contribution in [0.2, 0.25) is 0 Å². The van der Waals surface area contributed by atoms with Gasteiger partial charge in [0, 0.05) is 18.8 Å². The second-order valence-corrected chi connectivity index (χ2v) is 6.67. The Kier molecular flexibility index (Phi) is 8.85. The van der Waals surface area contributed by atoms with Crippen molar-refractivity contribution in [3.05, 3.63) is 10.7 Å². The van der Waals surface area contributed by atoms with Crippen molar-refractivity contribution in [2.75, 3.05) is 40.0 Å². The van der Waals surface area contributed by atoms with Gasteiger partial charge >= 0.3 is 0 Å². The molecule has 1 aliphatic rings. The average molecular weight is 278 g/mol. The van der Waals surface area contributed by atoms with Crippen molar-refractivity contribution in [1.29, 1.82) is 5.41 Å². The smallest absolute Gasteiger partial charge is 0.0860 e. The van der Waals surface area contributed by atoms with Crippen molar-refractivity contribution in [3.63, 3.8) is 0 Å². The molecule has 0 radical (unpaired) electrons. The summed E-state index contributed by atoms with van der Waals surface area (Å²) in [6.07, 6.45) is 1.13. The molecule has 0 aromatic rings. The van der Waals surface area contributed by atoms with E-state index in [0.717, 1.165) is 31.8 Å². The Hall–Kier alpha value is -0.110. The van der Waals surface area contributed by atoms with E-state index in [2.05, 4.69) is 30.6 Å². The molecular formula is C12H25ClN3P. The lowest BCUT2D eigenvalue weighted by Crippen LogP contribution is -2.24. The van der Waals surface area contributed by atoms with Gasteiger partial charge < -0.3 is 10.2 Å². The van der Waals surface area contributed by atoms with Crippen LogP contribution in [0.4, 0.5) is 0 Å². The third-order valence-electron chi connectivity index (χ3n) is 2.40. The topological polar surface area (TPSA) is 39.1 Å². The van der Waals surface area contributed by atoms with Crippen molar-refractivity contribution in [3.8, 4) is 0 Å². The molecule has 0 bridgehead atoms. The molecule has 0 spiro atoms. The van der Waals surface area contributed by atoms with E-state index in [9.17, 15) is 0 Å². The molecule has 1 fully saturated rings. The van der Waals surface area contributed by atoms with Crippen LogP contribution in [0.5, 0.6) is 0 Å². The van der Waals surface area contributed by atoms with E-state index in [4.69, 9.17) is 17.0 Å². The molecule has 0 unspecified atom stereocenters. The molecule has 3 nitrogen and oxygen atoms in total. The molecule has 0 aromatic carbocycles. The summed E-state index contributed by atoms with van der Waals surface area (Å²) < 4.78 is 0. The van der Waals surface area contributed by atoms with E-state index in [0.29, 0.717) is 10.5 Å². The summed E-state index contributed by atoms with van der Waals surface area (Å²) in [4.78, 5) is 2.23. The number of nitrogens with zero attached hydrogens (tertiary/aromatic N) is 1. The number of hydrogen-bond acceptors (Lipinski definition) is 3. The number of allylic oxidation sites excluding steroid dienone is 1. The van der Waals surface area contributed by atoms with Gasteiger partial charge in [-0.15, -0.1) is 0 Å². The Bertz CT molecular complexity index is 277. The highest BCUT2D eigenvalue weighted by Gasteiger charge is 2.16. The van der Waals surface area contributed by atoms with Crippen molar-refractivity contribution >= 4 is 25.0 Å². The van der Waals surface area contributed by atoms with E-state index in [1.165, 1.54) is 0 Å². The van der Waals surface area contributed by atoms with Crippen LogP contribution in [0.25, 0.3) is 0 Å².